The minimum absolute atomic E-state index is 0.00154. The number of ether oxygens (including phenoxy) is 1. The zero-order valence-corrected chi connectivity index (χ0v) is 15.5. The number of rotatable bonds is 2. The van der Waals surface area contributed by atoms with Gasteiger partial charge in [-0.05, 0) is 50.9 Å². The van der Waals surface area contributed by atoms with Crippen LogP contribution in [0.2, 0.25) is 0 Å². The molecule has 3 rings (SSSR count). The van der Waals surface area contributed by atoms with Crippen LogP contribution in [0.5, 0.6) is 5.75 Å². The fourth-order valence-corrected chi connectivity index (χ4v) is 3.97. The lowest BCUT2D eigenvalue weighted by atomic mass is 9.85. The second-order valence-electron chi connectivity index (χ2n) is 7.17. The Morgan fingerprint density at radius 1 is 1.31 bits per heavy atom. The number of aliphatic hydroxyl groups is 1. The number of amides is 1. The zero-order valence-electron chi connectivity index (χ0n) is 14.7. The van der Waals surface area contributed by atoms with Gasteiger partial charge in [0.1, 0.15) is 17.5 Å². The number of hydrogen-bond acceptors (Lipinski definition) is 5. The summed E-state index contributed by atoms with van der Waals surface area (Å²) in [6.45, 7) is 4.63. The van der Waals surface area contributed by atoms with Crippen molar-refractivity contribution >= 4 is 17.7 Å². The molecule has 0 aromatic heterocycles. The largest absolute Gasteiger partial charge is 0.485 e. The highest BCUT2D eigenvalue weighted by Gasteiger charge is 2.47. The maximum atomic E-state index is 12.7. The summed E-state index contributed by atoms with van der Waals surface area (Å²) in [5.74, 6) is 0.226. The van der Waals surface area contributed by atoms with Crippen LogP contribution in [0, 0.1) is 0 Å². The van der Waals surface area contributed by atoms with Gasteiger partial charge in [0.15, 0.2) is 0 Å². The van der Waals surface area contributed by atoms with Crippen molar-refractivity contribution in [1.29, 1.82) is 0 Å². The number of nitrogens with zero attached hydrogens (tertiary/aromatic N) is 2. The molecule has 0 radical (unpaired) electrons. The molecule has 144 valence electrons. The molecule has 2 aliphatic rings. The number of halogens is 3. The smallest absolute Gasteiger partial charge is 0.446 e. The van der Waals surface area contributed by atoms with Gasteiger partial charge in [0, 0.05) is 23.5 Å². The van der Waals surface area contributed by atoms with Crippen LogP contribution in [0.1, 0.15) is 25.5 Å². The molecule has 0 bridgehead atoms. The molecule has 1 saturated heterocycles. The second-order valence-corrected chi connectivity index (χ2v) is 8.31. The molecule has 0 unspecified atom stereocenters. The molecule has 2 heterocycles. The molecule has 1 aromatic rings. The predicted octanol–water partition coefficient (Wildman–Crippen LogP) is 2.65. The number of fused-ring (bicyclic) bond motifs is 1. The topological polar surface area (TPSA) is 53.0 Å². The minimum atomic E-state index is -4.42. The van der Waals surface area contributed by atoms with Crippen LogP contribution < -0.4 is 4.74 Å². The van der Waals surface area contributed by atoms with Gasteiger partial charge in [-0.15, -0.1) is 0 Å². The monoisotopic (exact) mass is 390 g/mol. The number of benzene rings is 1. The SMILES string of the molecule is CN1CCN([C@@H]2c3cc(SC(F)(F)F)ccc3OC(C)(C)[C@H]2O)C(=O)C1. The van der Waals surface area contributed by atoms with Crippen LogP contribution in [-0.2, 0) is 4.79 Å². The quantitative estimate of drug-likeness (QED) is 0.787. The fraction of sp³-hybridized carbons (Fsp3) is 0.588. The van der Waals surface area contributed by atoms with Gasteiger partial charge in [0.2, 0.25) is 5.91 Å². The third kappa shape index (κ3) is 3.79. The van der Waals surface area contributed by atoms with Gasteiger partial charge in [-0.25, -0.2) is 0 Å². The van der Waals surface area contributed by atoms with Gasteiger partial charge >= 0.3 is 5.51 Å². The highest BCUT2D eigenvalue weighted by atomic mass is 32.2. The van der Waals surface area contributed by atoms with E-state index in [1.54, 1.807) is 18.7 Å². The van der Waals surface area contributed by atoms with E-state index in [-0.39, 0.29) is 29.1 Å². The maximum absolute atomic E-state index is 12.7. The summed E-state index contributed by atoms with van der Waals surface area (Å²) >= 11 is -0.224. The molecule has 2 atom stereocenters. The van der Waals surface area contributed by atoms with Crippen molar-refractivity contribution in [2.45, 2.75) is 42.0 Å². The summed E-state index contributed by atoms with van der Waals surface area (Å²) in [6, 6.07) is 3.43. The average molecular weight is 390 g/mol. The first-order valence-corrected chi connectivity index (χ1v) is 9.04. The highest BCUT2D eigenvalue weighted by Crippen LogP contribution is 2.46. The Bertz CT molecular complexity index is 711. The lowest BCUT2D eigenvalue weighted by Gasteiger charge is -2.48. The Morgan fingerprint density at radius 3 is 2.62 bits per heavy atom. The summed E-state index contributed by atoms with van der Waals surface area (Å²) in [7, 11) is 1.83. The first-order valence-electron chi connectivity index (χ1n) is 8.23. The summed E-state index contributed by atoms with van der Waals surface area (Å²) in [4.78, 5) is 15.9. The average Bonchev–Trinajstić information content (AvgIpc) is 2.49. The van der Waals surface area contributed by atoms with E-state index in [1.165, 1.54) is 18.2 Å². The number of likely N-dealkylation sites (N-methyl/N-ethyl adjacent to an activating group) is 1. The zero-order chi connectivity index (χ0) is 19.3. The van der Waals surface area contributed by atoms with Crippen molar-refractivity contribution < 1.29 is 27.8 Å². The lowest BCUT2D eigenvalue weighted by molar-refractivity contribution is -0.149. The van der Waals surface area contributed by atoms with E-state index < -0.39 is 23.3 Å². The van der Waals surface area contributed by atoms with E-state index in [0.717, 1.165) is 0 Å². The number of carbonyl (C=O) groups is 1. The molecule has 5 nitrogen and oxygen atoms in total. The fourth-order valence-electron chi connectivity index (χ4n) is 3.38. The maximum Gasteiger partial charge on any atom is 0.446 e. The Balaban J connectivity index is 2.02. The molecule has 0 spiro atoms. The van der Waals surface area contributed by atoms with Crippen LogP contribution in [0.25, 0.3) is 0 Å². The van der Waals surface area contributed by atoms with E-state index in [9.17, 15) is 23.1 Å². The number of aliphatic hydroxyl groups excluding tert-OH is 1. The van der Waals surface area contributed by atoms with Gasteiger partial charge in [0.25, 0.3) is 0 Å². The number of piperazine rings is 1. The van der Waals surface area contributed by atoms with Crippen molar-refractivity contribution in [2.75, 3.05) is 26.7 Å². The van der Waals surface area contributed by atoms with Crippen molar-refractivity contribution in [1.82, 2.24) is 9.80 Å². The van der Waals surface area contributed by atoms with Crippen LogP contribution >= 0.6 is 11.8 Å². The van der Waals surface area contributed by atoms with Gasteiger partial charge in [-0.2, -0.15) is 13.2 Å². The molecule has 2 aliphatic heterocycles. The van der Waals surface area contributed by atoms with Crippen molar-refractivity contribution in [3.8, 4) is 5.75 Å². The number of thioether (sulfide) groups is 1. The molecule has 0 aliphatic carbocycles. The Labute approximate surface area is 154 Å². The molecular weight excluding hydrogens is 369 g/mol. The summed E-state index contributed by atoms with van der Waals surface area (Å²) in [6.07, 6.45) is -1.06. The van der Waals surface area contributed by atoms with Crippen LogP contribution in [-0.4, -0.2) is 64.7 Å². The predicted molar refractivity (Wildman–Crippen MR) is 91.0 cm³/mol. The van der Waals surface area contributed by atoms with E-state index in [2.05, 4.69) is 0 Å². The molecule has 0 saturated carbocycles. The minimum Gasteiger partial charge on any atom is -0.485 e. The first-order chi connectivity index (χ1) is 12.0. The van der Waals surface area contributed by atoms with Crippen LogP contribution in [0.4, 0.5) is 13.2 Å². The van der Waals surface area contributed by atoms with Gasteiger partial charge in [0.05, 0.1) is 12.6 Å². The Hall–Kier alpha value is -1.45. The third-order valence-corrected chi connectivity index (χ3v) is 5.42. The standard InChI is InChI=1S/C17H21F3N2O3S/c1-16(2)15(24)14(22-7-6-21(3)9-13(22)23)11-8-10(26-17(18,19)20)4-5-12(11)25-16/h4-5,8,14-15,24H,6-7,9H2,1-3H3/t14-,15+/m1/s1. The number of alkyl halides is 3. The van der Waals surface area contributed by atoms with Crippen LogP contribution in [0.3, 0.4) is 0 Å². The number of carbonyl (C=O) groups excluding carboxylic acids is 1. The lowest BCUT2D eigenvalue weighted by Crippen LogP contribution is -2.58. The van der Waals surface area contributed by atoms with E-state index in [0.29, 0.717) is 24.4 Å². The molecule has 1 aromatic carbocycles. The molecule has 1 fully saturated rings. The van der Waals surface area contributed by atoms with E-state index in [1.807, 2.05) is 11.9 Å². The molecule has 1 N–H and O–H groups in total. The molecule has 9 heteroatoms. The van der Waals surface area contributed by atoms with Crippen LogP contribution in [0.15, 0.2) is 23.1 Å². The molecule has 1 amide bonds. The molecule has 26 heavy (non-hydrogen) atoms. The van der Waals surface area contributed by atoms with Crippen molar-refractivity contribution in [2.24, 2.45) is 0 Å². The van der Waals surface area contributed by atoms with E-state index >= 15 is 0 Å². The van der Waals surface area contributed by atoms with Gasteiger partial charge < -0.3 is 14.7 Å². The van der Waals surface area contributed by atoms with E-state index in [4.69, 9.17) is 4.74 Å². The van der Waals surface area contributed by atoms with Gasteiger partial charge in [-0.1, -0.05) is 0 Å². The summed E-state index contributed by atoms with van der Waals surface area (Å²) in [5.41, 5.74) is -4.98. The first kappa shape index (κ1) is 19.3. The van der Waals surface area contributed by atoms with Gasteiger partial charge in [-0.3, -0.25) is 9.69 Å². The third-order valence-electron chi connectivity index (χ3n) is 4.70. The summed E-state index contributed by atoms with van der Waals surface area (Å²) < 4.78 is 44.0. The second kappa shape index (κ2) is 6.61. The van der Waals surface area contributed by atoms with Crippen molar-refractivity contribution in [3.63, 3.8) is 0 Å². The summed E-state index contributed by atoms with van der Waals surface area (Å²) in [5, 5.41) is 10.8. The molecular formula is C17H21F3N2O3S. The highest BCUT2D eigenvalue weighted by molar-refractivity contribution is 8.00. The number of hydrogen-bond donors (Lipinski definition) is 1. The normalized spacial score (nSPS) is 26.4. The Kier molecular flexibility index (Phi) is 4.91. The Morgan fingerprint density at radius 2 is 2.00 bits per heavy atom. The van der Waals surface area contributed by atoms with Crippen molar-refractivity contribution in [3.05, 3.63) is 23.8 Å².